The zero-order valence-corrected chi connectivity index (χ0v) is 30.0. The summed E-state index contributed by atoms with van der Waals surface area (Å²) < 4.78 is 17.5. The number of aliphatic carboxylic acids is 1. The number of nitro groups is 1. The SMILES string of the molecule is CCOC(=O)/C(Cc1cc(Br)c(Oc2cc(C/C(=N/OCc3ccccc3)C(=O)O)cc(Br)c2OC)cc1[N+](=O)[O-])=N/OCc1ccccc1. The van der Waals surface area contributed by atoms with Gasteiger partial charge in [-0.3, -0.25) is 10.1 Å². The second kappa shape index (κ2) is 18.5. The van der Waals surface area contributed by atoms with Crippen molar-refractivity contribution in [3.63, 3.8) is 0 Å². The Morgan fingerprint density at radius 1 is 0.800 bits per heavy atom. The number of esters is 1. The summed E-state index contributed by atoms with van der Waals surface area (Å²) in [6, 6.07) is 24.1. The standard InChI is InChI=1S/C35H31Br2N3O10/c1-3-47-35(43)29(39-49-21-23-12-8-5-9-13-23)18-25-17-26(36)31(19-30(25)40(44)45)50-32-16-24(14-27(37)33(32)46-2)15-28(34(41)42)38-48-20-22-10-6-4-7-11-22/h4-14,16-17,19H,3,15,18,20-21H2,1-2H3,(H,41,42)/b38-28-,39-29+. The molecule has 4 rings (SSSR count). The van der Waals surface area contributed by atoms with Gasteiger partial charge in [0.15, 0.2) is 22.9 Å². The van der Waals surface area contributed by atoms with Crippen molar-refractivity contribution >= 4 is 60.9 Å². The smallest absolute Gasteiger partial charge is 0.356 e. The van der Waals surface area contributed by atoms with E-state index in [4.69, 9.17) is 23.9 Å². The third-order valence-corrected chi connectivity index (χ3v) is 8.02. The van der Waals surface area contributed by atoms with Gasteiger partial charge < -0.3 is 29.0 Å². The van der Waals surface area contributed by atoms with Crippen LogP contribution < -0.4 is 9.47 Å². The Bertz CT molecular complexity index is 1890. The van der Waals surface area contributed by atoms with Gasteiger partial charge in [-0.1, -0.05) is 71.0 Å². The van der Waals surface area contributed by atoms with Crippen LogP contribution in [0.15, 0.2) is 104 Å². The molecule has 260 valence electrons. The fourth-order valence-electron chi connectivity index (χ4n) is 4.48. The summed E-state index contributed by atoms with van der Waals surface area (Å²) >= 11 is 6.84. The molecular formula is C35H31Br2N3O10. The molecule has 0 saturated carbocycles. The van der Waals surface area contributed by atoms with Gasteiger partial charge in [0.2, 0.25) is 0 Å². The van der Waals surface area contributed by atoms with Gasteiger partial charge in [-0.2, -0.15) is 0 Å². The number of carbonyl (C=O) groups is 2. The summed E-state index contributed by atoms with van der Waals surface area (Å²) in [5, 5.41) is 29.8. The average Bonchev–Trinajstić information content (AvgIpc) is 3.09. The normalized spacial score (nSPS) is 11.4. The Balaban J connectivity index is 1.61. The zero-order valence-electron chi connectivity index (χ0n) is 26.8. The second-order valence-corrected chi connectivity index (χ2v) is 12.1. The van der Waals surface area contributed by atoms with Crippen LogP contribution in [0.25, 0.3) is 0 Å². The first-order chi connectivity index (χ1) is 24.1. The number of halogens is 2. The first kappa shape index (κ1) is 37.5. The maximum atomic E-state index is 12.7. The highest BCUT2D eigenvalue weighted by Crippen LogP contribution is 2.42. The number of ether oxygens (including phenoxy) is 3. The highest BCUT2D eigenvalue weighted by molar-refractivity contribution is 9.11. The molecule has 0 aliphatic carbocycles. The van der Waals surface area contributed by atoms with Crippen LogP contribution in [0.1, 0.15) is 29.2 Å². The summed E-state index contributed by atoms with van der Waals surface area (Å²) in [5.41, 5.74) is 1.41. The summed E-state index contributed by atoms with van der Waals surface area (Å²) in [7, 11) is 1.41. The lowest BCUT2D eigenvalue weighted by Crippen LogP contribution is -2.21. The summed E-state index contributed by atoms with van der Waals surface area (Å²) in [5.74, 6) is -1.66. The van der Waals surface area contributed by atoms with Crippen molar-refractivity contribution in [3.05, 3.63) is 126 Å². The molecule has 0 unspecified atom stereocenters. The van der Waals surface area contributed by atoms with Crippen LogP contribution in [0.2, 0.25) is 0 Å². The van der Waals surface area contributed by atoms with Crippen LogP contribution in [0.3, 0.4) is 0 Å². The molecule has 0 fully saturated rings. The molecule has 0 atom stereocenters. The number of nitrogens with zero attached hydrogens (tertiary/aromatic N) is 3. The number of benzene rings is 4. The minimum Gasteiger partial charge on any atom is -0.492 e. The summed E-state index contributed by atoms with van der Waals surface area (Å²) in [6.07, 6.45) is -0.428. The van der Waals surface area contributed by atoms with Crippen molar-refractivity contribution in [2.45, 2.75) is 33.0 Å². The molecule has 0 saturated heterocycles. The fourth-order valence-corrected chi connectivity index (χ4v) is 5.61. The van der Waals surface area contributed by atoms with Gasteiger partial charge in [-0.15, -0.1) is 0 Å². The lowest BCUT2D eigenvalue weighted by Gasteiger charge is -2.16. The van der Waals surface area contributed by atoms with Crippen molar-refractivity contribution in [3.8, 4) is 17.2 Å². The minimum atomic E-state index is -1.28. The topological polar surface area (TPSA) is 168 Å². The van der Waals surface area contributed by atoms with Crippen molar-refractivity contribution in [2.24, 2.45) is 10.3 Å². The van der Waals surface area contributed by atoms with Gasteiger partial charge >= 0.3 is 11.9 Å². The van der Waals surface area contributed by atoms with E-state index in [0.29, 0.717) is 14.5 Å². The van der Waals surface area contributed by atoms with E-state index < -0.39 is 16.9 Å². The van der Waals surface area contributed by atoms with E-state index in [9.17, 15) is 24.8 Å². The lowest BCUT2D eigenvalue weighted by molar-refractivity contribution is -0.385. The second-order valence-electron chi connectivity index (χ2n) is 10.4. The van der Waals surface area contributed by atoms with Gasteiger partial charge in [0.05, 0.1) is 33.7 Å². The molecule has 50 heavy (non-hydrogen) atoms. The number of methoxy groups -OCH3 is 1. The Hall–Kier alpha value is -5.28. The Morgan fingerprint density at radius 3 is 1.94 bits per heavy atom. The van der Waals surface area contributed by atoms with E-state index in [1.807, 2.05) is 60.7 Å². The summed E-state index contributed by atoms with van der Waals surface area (Å²) in [4.78, 5) is 47.0. The van der Waals surface area contributed by atoms with E-state index in [2.05, 4.69) is 42.2 Å². The molecule has 0 heterocycles. The molecule has 0 aliphatic heterocycles. The van der Waals surface area contributed by atoms with Crippen LogP contribution in [0, 0.1) is 10.1 Å². The van der Waals surface area contributed by atoms with Gasteiger partial charge in [0, 0.05) is 18.4 Å². The third-order valence-electron chi connectivity index (χ3n) is 6.81. The number of nitro benzene ring substituents is 1. The predicted molar refractivity (Wildman–Crippen MR) is 191 cm³/mol. The summed E-state index contributed by atoms with van der Waals surface area (Å²) in [6.45, 7) is 1.84. The number of oxime groups is 2. The number of carboxylic acid groups (broad SMARTS) is 1. The minimum absolute atomic E-state index is 0.0380. The fraction of sp³-hybridized carbons (Fsp3) is 0.200. The van der Waals surface area contributed by atoms with Crippen LogP contribution in [-0.2, 0) is 50.1 Å². The van der Waals surface area contributed by atoms with E-state index in [1.54, 1.807) is 13.0 Å². The molecule has 4 aromatic rings. The lowest BCUT2D eigenvalue weighted by atomic mass is 10.1. The zero-order chi connectivity index (χ0) is 36.0. The molecular weight excluding hydrogens is 782 g/mol. The van der Waals surface area contributed by atoms with Gasteiger partial charge in [0.25, 0.3) is 5.69 Å². The van der Waals surface area contributed by atoms with E-state index >= 15 is 0 Å². The molecule has 0 bridgehead atoms. The maximum absolute atomic E-state index is 12.7. The van der Waals surface area contributed by atoms with Crippen LogP contribution in [-0.4, -0.2) is 47.1 Å². The monoisotopic (exact) mass is 811 g/mol. The van der Waals surface area contributed by atoms with Crippen molar-refractivity contribution in [1.29, 1.82) is 0 Å². The molecule has 0 amide bonds. The molecule has 0 aromatic heterocycles. The quantitative estimate of drug-likeness (QED) is 0.0481. The first-order valence-electron chi connectivity index (χ1n) is 15.0. The van der Waals surface area contributed by atoms with Crippen molar-refractivity contribution in [2.75, 3.05) is 13.7 Å². The highest BCUT2D eigenvalue weighted by atomic mass is 79.9. The Labute approximate surface area is 303 Å². The van der Waals surface area contributed by atoms with E-state index in [0.717, 1.165) is 11.1 Å². The van der Waals surface area contributed by atoms with Crippen LogP contribution in [0.5, 0.6) is 17.2 Å². The third kappa shape index (κ3) is 10.6. The maximum Gasteiger partial charge on any atom is 0.356 e. The Kier molecular flexibility index (Phi) is 13.9. The molecule has 1 N–H and O–H groups in total. The van der Waals surface area contributed by atoms with Crippen molar-refractivity contribution in [1.82, 2.24) is 0 Å². The average molecular weight is 813 g/mol. The van der Waals surface area contributed by atoms with Crippen LogP contribution in [0.4, 0.5) is 5.69 Å². The van der Waals surface area contributed by atoms with Gasteiger partial charge in [0.1, 0.15) is 19.0 Å². The van der Waals surface area contributed by atoms with Crippen molar-refractivity contribution < 1.29 is 43.5 Å². The molecule has 4 aromatic carbocycles. The van der Waals surface area contributed by atoms with Crippen LogP contribution >= 0.6 is 31.9 Å². The van der Waals surface area contributed by atoms with E-state index in [-0.39, 0.29) is 72.6 Å². The molecule has 0 spiro atoms. The van der Waals surface area contributed by atoms with E-state index in [1.165, 1.54) is 25.3 Å². The molecule has 0 aliphatic rings. The number of carboxylic acids is 1. The molecule has 15 heteroatoms. The Morgan fingerprint density at radius 2 is 1.40 bits per heavy atom. The number of carbonyl (C=O) groups excluding carboxylic acids is 1. The molecule has 13 nitrogen and oxygen atoms in total. The first-order valence-corrected chi connectivity index (χ1v) is 16.5. The van der Waals surface area contributed by atoms with Gasteiger partial charge in [-0.05, 0) is 73.7 Å². The highest BCUT2D eigenvalue weighted by Gasteiger charge is 2.25. The number of rotatable bonds is 17. The number of hydrogen-bond acceptors (Lipinski definition) is 11. The van der Waals surface area contributed by atoms with Gasteiger partial charge in [-0.25, -0.2) is 9.59 Å². The predicted octanol–water partition coefficient (Wildman–Crippen LogP) is 7.80. The molecule has 0 radical (unpaired) electrons. The largest absolute Gasteiger partial charge is 0.492 e. The number of hydrogen-bond donors (Lipinski definition) is 1.